The van der Waals surface area contributed by atoms with Gasteiger partial charge in [-0.1, -0.05) is 30.3 Å². The van der Waals surface area contributed by atoms with E-state index in [1.165, 1.54) is 4.90 Å². The second-order valence-corrected chi connectivity index (χ2v) is 6.28. The van der Waals surface area contributed by atoms with Gasteiger partial charge in [0.25, 0.3) is 0 Å². The molecule has 1 aromatic rings. The molecule has 1 N–H and O–H groups in total. The first-order valence-corrected chi connectivity index (χ1v) is 7.96. The predicted molar refractivity (Wildman–Crippen MR) is 83.2 cm³/mol. The van der Waals surface area contributed by atoms with Crippen molar-refractivity contribution in [3.05, 3.63) is 35.9 Å². The van der Waals surface area contributed by atoms with Gasteiger partial charge in [0.2, 0.25) is 0 Å². The molecule has 0 aromatic heterocycles. The third-order valence-electron chi connectivity index (χ3n) is 4.48. The third-order valence-corrected chi connectivity index (χ3v) is 4.48. The first-order valence-electron chi connectivity index (χ1n) is 7.96. The van der Waals surface area contributed by atoms with Gasteiger partial charge in [-0.3, -0.25) is 4.90 Å². The molecular formula is C17H21NO6. The van der Waals surface area contributed by atoms with E-state index in [-0.39, 0.29) is 31.8 Å². The van der Waals surface area contributed by atoms with Crippen LogP contribution < -0.4 is 0 Å². The van der Waals surface area contributed by atoms with Crippen molar-refractivity contribution in [2.45, 2.75) is 50.9 Å². The Hall–Kier alpha value is -2.12. The van der Waals surface area contributed by atoms with Gasteiger partial charge in [0.15, 0.2) is 5.79 Å². The van der Waals surface area contributed by atoms with Crippen molar-refractivity contribution in [1.82, 2.24) is 4.90 Å². The smallest absolute Gasteiger partial charge is 0.411 e. The quantitative estimate of drug-likeness (QED) is 0.909. The minimum Gasteiger partial charge on any atom is -0.480 e. The summed E-state index contributed by atoms with van der Waals surface area (Å²) in [4.78, 5) is 25.1. The molecule has 2 saturated heterocycles. The Bertz CT molecular complexity index is 609. The summed E-state index contributed by atoms with van der Waals surface area (Å²) in [6.45, 7) is 3.87. The number of amides is 1. The molecule has 130 valence electrons. The van der Waals surface area contributed by atoms with E-state index in [1.54, 1.807) is 0 Å². The molecule has 0 radical (unpaired) electrons. The van der Waals surface area contributed by atoms with Crippen LogP contribution in [0.2, 0.25) is 0 Å². The molecular weight excluding hydrogens is 314 g/mol. The van der Waals surface area contributed by atoms with Crippen molar-refractivity contribution in [3.63, 3.8) is 0 Å². The Kier molecular flexibility index (Phi) is 4.47. The molecule has 0 aliphatic carbocycles. The molecule has 7 heteroatoms. The van der Waals surface area contributed by atoms with Gasteiger partial charge >= 0.3 is 12.1 Å². The summed E-state index contributed by atoms with van der Waals surface area (Å²) in [5.74, 6) is -2.16. The van der Waals surface area contributed by atoms with Crippen molar-refractivity contribution in [2.75, 3.05) is 6.54 Å². The molecule has 3 rings (SSSR count). The molecule has 0 saturated carbocycles. The lowest BCUT2D eigenvalue weighted by molar-refractivity contribution is -0.163. The van der Waals surface area contributed by atoms with Crippen LogP contribution in [0.4, 0.5) is 4.79 Å². The van der Waals surface area contributed by atoms with Gasteiger partial charge in [-0.25, -0.2) is 9.59 Å². The van der Waals surface area contributed by atoms with Crippen LogP contribution in [-0.2, 0) is 25.6 Å². The van der Waals surface area contributed by atoms with E-state index in [9.17, 15) is 14.7 Å². The number of hydrogen-bond donors (Lipinski definition) is 1. The number of nitrogens with zero attached hydrogens (tertiary/aromatic N) is 1. The highest BCUT2D eigenvalue weighted by atomic mass is 16.8. The zero-order valence-corrected chi connectivity index (χ0v) is 13.7. The van der Waals surface area contributed by atoms with Gasteiger partial charge in [0, 0.05) is 6.42 Å². The van der Waals surface area contributed by atoms with E-state index >= 15 is 0 Å². The number of rotatable bonds is 3. The van der Waals surface area contributed by atoms with E-state index in [4.69, 9.17) is 14.2 Å². The number of likely N-dealkylation sites (tertiary alicyclic amines) is 1. The van der Waals surface area contributed by atoms with Gasteiger partial charge in [-0.2, -0.15) is 0 Å². The van der Waals surface area contributed by atoms with Crippen molar-refractivity contribution in [3.8, 4) is 0 Å². The van der Waals surface area contributed by atoms with Crippen LogP contribution in [0, 0.1) is 0 Å². The Labute approximate surface area is 140 Å². The Morgan fingerprint density at radius 3 is 2.46 bits per heavy atom. The molecule has 3 atom stereocenters. The van der Waals surface area contributed by atoms with Crippen LogP contribution >= 0.6 is 0 Å². The lowest BCUT2D eigenvalue weighted by Gasteiger charge is -2.23. The fourth-order valence-corrected chi connectivity index (χ4v) is 3.12. The largest absolute Gasteiger partial charge is 0.480 e. The number of carbonyl (C=O) groups excluding carboxylic acids is 1. The molecule has 2 fully saturated rings. The number of carbonyl (C=O) groups is 2. The summed E-state index contributed by atoms with van der Waals surface area (Å²) in [6.07, 6.45) is -0.890. The summed E-state index contributed by atoms with van der Waals surface area (Å²) >= 11 is 0. The van der Waals surface area contributed by atoms with Crippen LogP contribution in [0.15, 0.2) is 30.3 Å². The van der Waals surface area contributed by atoms with Crippen LogP contribution in [0.3, 0.4) is 0 Å². The van der Waals surface area contributed by atoms with Gasteiger partial charge < -0.3 is 19.3 Å². The Balaban J connectivity index is 1.68. The molecule has 1 amide bonds. The number of carboxylic acids is 1. The molecule has 24 heavy (non-hydrogen) atoms. The number of carboxylic acid groups (broad SMARTS) is 1. The summed E-state index contributed by atoms with van der Waals surface area (Å²) in [6, 6.07) is 8.20. The molecule has 0 bridgehead atoms. The summed E-state index contributed by atoms with van der Waals surface area (Å²) in [5, 5.41) is 9.43. The van der Waals surface area contributed by atoms with Crippen LogP contribution in [0.25, 0.3) is 0 Å². The highest BCUT2D eigenvalue weighted by Gasteiger charge is 2.56. The SMILES string of the molecule is C[C@@H]1OC2(C[C@@H](C(=O)O)N(C(=O)OCc3ccccc3)C2)O[C@H]1C. The predicted octanol–water partition coefficient (Wildman–Crippen LogP) is 2.00. The van der Waals surface area contributed by atoms with Crippen molar-refractivity contribution < 1.29 is 28.9 Å². The molecule has 7 nitrogen and oxygen atoms in total. The molecule has 1 spiro atoms. The van der Waals surface area contributed by atoms with Crippen LogP contribution in [-0.4, -0.2) is 52.7 Å². The number of aliphatic carboxylic acids is 1. The number of ether oxygens (including phenoxy) is 3. The average Bonchev–Trinajstić information content (AvgIpc) is 3.06. The first kappa shape index (κ1) is 16.7. The molecule has 2 aliphatic heterocycles. The maximum Gasteiger partial charge on any atom is 0.411 e. The molecule has 2 aliphatic rings. The van der Waals surface area contributed by atoms with Gasteiger partial charge in [0.1, 0.15) is 12.6 Å². The molecule has 0 unspecified atom stereocenters. The van der Waals surface area contributed by atoms with E-state index in [2.05, 4.69) is 0 Å². The fourth-order valence-electron chi connectivity index (χ4n) is 3.12. The standard InChI is InChI=1S/C17H21NO6/c1-11-12(2)24-17(23-11)8-14(15(19)20)18(10-17)16(21)22-9-13-6-4-3-5-7-13/h3-7,11-12,14H,8-10H2,1-2H3,(H,19,20)/t11-,12-,14-/m0/s1. The maximum atomic E-state index is 12.4. The van der Waals surface area contributed by atoms with Crippen LogP contribution in [0.1, 0.15) is 25.8 Å². The monoisotopic (exact) mass is 335 g/mol. The van der Waals surface area contributed by atoms with Gasteiger partial charge in [0.05, 0.1) is 18.8 Å². The highest BCUT2D eigenvalue weighted by molar-refractivity contribution is 5.81. The second kappa shape index (κ2) is 6.41. The van der Waals surface area contributed by atoms with E-state index < -0.39 is 23.9 Å². The zero-order chi connectivity index (χ0) is 17.3. The minimum absolute atomic E-state index is 0.0479. The van der Waals surface area contributed by atoms with Gasteiger partial charge in [-0.15, -0.1) is 0 Å². The average molecular weight is 335 g/mol. The Morgan fingerprint density at radius 1 is 1.25 bits per heavy atom. The fraction of sp³-hybridized carbons (Fsp3) is 0.529. The maximum absolute atomic E-state index is 12.4. The third kappa shape index (κ3) is 3.22. The normalized spacial score (nSPS) is 28.2. The lowest BCUT2D eigenvalue weighted by atomic mass is 10.1. The van der Waals surface area contributed by atoms with E-state index in [1.807, 2.05) is 44.2 Å². The first-order chi connectivity index (χ1) is 11.4. The van der Waals surface area contributed by atoms with Crippen molar-refractivity contribution >= 4 is 12.1 Å². The zero-order valence-electron chi connectivity index (χ0n) is 13.7. The van der Waals surface area contributed by atoms with E-state index in [0.717, 1.165) is 5.56 Å². The topological polar surface area (TPSA) is 85.3 Å². The van der Waals surface area contributed by atoms with Crippen molar-refractivity contribution in [2.24, 2.45) is 0 Å². The van der Waals surface area contributed by atoms with Crippen molar-refractivity contribution in [1.29, 1.82) is 0 Å². The summed E-state index contributed by atoms with van der Waals surface area (Å²) in [5.41, 5.74) is 0.835. The Morgan fingerprint density at radius 2 is 1.88 bits per heavy atom. The highest BCUT2D eigenvalue weighted by Crippen LogP contribution is 2.39. The number of hydrogen-bond acceptors (Lipinski definition) is 5. The molecule has 2 heterocycles. The molecule has 1 aromatic carbocycles. The minimum atomic E-state index is -1.09. The number of benzene rings is 1. The van der Waals surface area contributed by atoms with Gasteiger partial charge in [-0.05, 0) is 19.4 Å². The second-order valence-electron chi connectivity index (χ2n) is 6.28. The van der Waals surface area contributed by atoms with Crippen LogP contribution in [0.5, 0.6) is 0 Å². The van der Waals surface area contributed by atoms with E-state index in [0.29, 0.717) is 0 Å². The summed E-state index contributed by atoms with van der Waals surface area (Å²) in [7, 11) is 0. The summed E-state index contributed by atoms with van der Waals surface area (Å²) < 4.78 is 16.9. The lowest BCUT2D eigenvalue weighted by Crippen LogP contribution is -2.41.